The average molecular weight is 471 g/mol. The molecule has 0 radical (unpaired) electrons. The van der Waals surface area contributed by atoms with Crippen molar-refractivity contribution >= 4 is 46.2 Å². The number of carbonyl (C=O) groups is 1. The maximum atomic E-state index is 13.6. The molecule has 4 N–H and O–H groups in total. The number of nitrogens with two attached hydrogens (primary N) is 1. The number of benzene rings is 1. The highest BCUT2D eigenvalue weighted by atomic mass is 32.2. The van der Waals surface area contributed by atoms with E-state index in [1.54, 1.807) is 18.2 Å². The van der Waals surface area contributed by atoms with Crippen LogP contribution in [0.5, 0.6) is 0 Å². The van der Waals surface area contributed by atoms with Crippen molar-refractivity contribution in [3.8, 4) is 6.07 Å². The number of aryl methyl sites for hydroxylation is 1. The van der Waals surface area contributed by atoms with Crippen LogP contribution in [0, 0.1) is 17.1 Å². The quantitative estimate of drug-likeness (QED) is 0.209. The van der Waals surface area contributed by atoms with Crippen LogP contribution in [0.3, 0.4) is 0 Å². The molecule has 0 fully saturated rings. The summed E-state index contributed by atoms with van der Waals surface area (Å²) in [7, 11) is 0. The molecule has 12 heteroatoms. The van der Waals surface area contributed by atoms with Crippen LogP contribution in [-0.2, 0) is 17.6 Å². The Labute approximate surface area is 191 Å². The summed E-state index contributed by atoms with van der Waals surface area (Å²) in [6, 6.07) is 8.42. The van der Waals surface area contributed by atoms with Gasteiger partial charge in [0.2, 0.25) is 11.1 Å². The van der Waals surface area contributed by atoms with Crippen molar-refractivity contribution in [2.24, 2.45) is 5.10 Å². The number of nitrogens with one attached hydrogen (secondary N) is 2. The fraction of sp³-hybridized carbons (Fsp3) is 0.250. The van der Waals surface area contributed by atoms with E-state index in [0.29, 0.717) is 21.3 Å². The number of nitrogens with zero attached hydrogens (tertiary/aromatic N) is 5. The van der Waals surface area contributed by atoms with Crippen molar-refractivity contribution < 1.29 is 9.18 Å². The number of halogens is 1. The predicted octanol–water partition coefficient (Wildman–Crippen LogP) is 3.12. The second-order valence-corrected chi connectivity index (χ2v) is 8.98. The van der Waals surface area contributed by atoms with Gasteiger partial charge in [-0.2, -0.15) is 10.4 Å². The molecule has 0 saturated carbocycles. The molecule has 2 heterocycles. The van der Waals surface area contributed by atoms with E-state index in [4.69, 9.17) is 5.84 Å². The van der Waals surface area contributed by atoms with E-state index < -0.39 is 5.82 Å². The number of thiophene rings is 1. The molecule has 1 aliphatic carbocycles. The number of aromatic nitrogens is 3. The molecule has 0 bridgehead atoms. The van der Waals surface area contributed by atoms with E-state index in [1.807, 2.05) is 0 Å². The SMILES string of the molecule is N#Cc1c(NC(=O)CSc2nnc(N/N=C/c3ccccc3F)n2N)sc2c1CCCC2. The number of hydrogen-bond donors (Lipinski definition) is 3. The minimum absolute atomic E-state index is 0.0429. The van der Waals surface area contributed by atoms with Crippen LogP contribution in [-0.4, -0.2) is 32.7 Å². The van der Waals surface area contributed by atoms with Gasteiger partial charge in [-0.1, -0.05) is 30.0 Å². The van der Waals surface area contributed by atoms with Gasteiger partial charge in [0.25, 0.3) is 5.95 Å². The number of fused-ring (bicyclic) bond motifs is 1. The van der Waals surface area contributed by atoms with Gasteiger partial charge in [0.1, 0.15) is 16.9 Å². The number of anilines is 2. The van der Waals surface area contributed by atoms with Crippen molar-refractivity contribution in [3.05, 3.63) is 51.7 Å². The van der Waals surface area contributed by atoms with Gasteiger partial charge in [-0.3, -0.25) is 4.79 Å². The summed E-state index contributed by atoms with van der Waals surface area (Å²) >= 11 is 2.58. The molecule has 9 nitrogen and oxygen atoms in total. The normalized spacial score (nSPS) is 13.0. The Morgan fingerprint density at radius 1 is 1.38 bits per heavy atom. The molecule has 0 atom stereocenters. The van der Waals surface area contributed by atoms with Crippen molar-refractivity contribution in [1.82, 2.24) is 14.9 Å². The van der Waals surface area contributed by atoms with Crippen LogP contribution in [0.2, 0.25) is 0 Å². The summed E-state index contributed by atoms with van der Waals surface area (Å²) in [5, 5.41) is 25.0. The van der Waals surface area contributed by atoms with E-state index in [2.05, 4.69) is 32.1 Å². The number of carbonyl (C=O) groups excluding carboxylic acids is 1. The van der Waals surface area contributed by atoms with Gasteiger partial charge in [0, 0.05) is 10.4 Å². The summed E-state index contributed by atoms with van der Waals surface area (Å²) in [6.07, 6.45) is 5.30. The summed E-state index contributed by atoms with van der Waals surface area (Å²) in [4.78, 5) is 13.6. The van der Waals surface area contributed by atoms with Crippen LogP contribution < -0.4 is 16.6 Å². The molecule has 4 rings (SSSR count). The van der Waals surface area contributed by atoms with Gasteiger partial charge >= 0.3 is 0 Å². The molecule has 2 aromatic heterocycles. The maximum absolute atomic E-state index is 13.6. The van der Waals surface area contributed by atoms with Crippen LogP contribution in [0.15, 0.2) is 34.5 Å². The largest absolute Gasteiger partial charge is 0.334 e. The number of nitrogen functional groups attached to an aromatic ring is 1. The van der Waals surface area contributed by atoms with E-state index >= 15 is 0 Å². The second-order valence-electron chi connectivity index (χ2n) is 6.93. The fourth-order valence-corrected chi connectivity index (χ4v) is 5.17. The molecule has 0 unspecified atom stereocenters. The third kappa shape index (κ3) is 4.74. The monoisotopic (exact) mass is 470 g/mol. The zero-order valence-electron chi connectivity index (χ0n) is 16.8. The molecule has 1 aromatic carbocycles. The Morgan fingerprint density at radius 3 is 3.00 bits per heavy atom. The van der Waals surface area contributed by atoms with Crippen molar-refractivity contribution in [1.29, 1.82) is 5.26 Å². The Morgan fingerprint density at radius 2 is 2.19 bits per heavy atom. The topological polar surface area (TPSA) is 134 Å². The van der Waals surface area contributed by atoms with Crippen LogP contribution in [0.4, 0.5) is 15.3 Å². The third-order valence-corrected chi connectivity index (χ3v) is 6.96. The van der Waals surface area contributed by atoms with E-state index in [-0.39, 0.29) is 17.6 Å². The lowest BCUT2D eigenvalue weighted by atomic mass is 9.96. The molecular formula is C20H19FN8OS2. The van der Waals surface area contributed by atoms with Crippen molar-refractivity contribution in [2.75, 3.05) is 22.3 Å². The van der Waals surface area contributed by atoms with Crippen LogP contribution >= 0.6 is 23.1 Å². The molecule has 0 aliphatic heterocycles. The standard InChI is InChI=1S/C20H19FN8OS2/c21-15-7-3-1-5-12(15)10-24-26-19-27-28-20(29(19)23)31-11-17(30)25-18-14(9-22)13-6-2-4-8-16(13)32-18/h1,3,5,7,10H,2,4,6,8,11,23H2,(H,25,30)(H,26,27)/b24-10+. The summed E-state index contributed by atoms with van der Waals surface area (Å²) in [6.45, 7) is 0. The van der Waals surface area contributed by atoms with Gasteiger partial charge in [-0.25, -0.2) is 14.5 Å². The first-order valence-electron chi connectivity index (χ1n) is 9.78. The van der Waals surface area contributed by atoms with E-state index in [0.717, 1.165) is 47.7 Å². The molecule has 164 valence electrons. The third-order valence-electron chi connectivity index (χ3n) is 4.81. The van der Waals surface area contributed by atoms with Gasteiger partial charge in [-0.05, 0) is 37.3 Å². The number of nitriles is 1. The van der Waals surface area contributed by atoms with Crippen molar-refractivity contribution in [3.63, 3.8) is 0 Å². The van der Waals surface area contributed by atoms with Gasteiger partial charge < -0.3 is 11.2 Å². The number of hydrogen-bond acceptors (Lipinski definition) is 9. The highest BCUT2D eigenvalue weighted by Crippen LogP contribution is 2.37. The summed E-state index contributed by atoms with van der Waals surface area (Å²) < 4.78 is 14.8. The Bertz CT molecular complexity index is 1210. The molecule has 3 aromatic rings. The first-order valence-corrected chi connectivity index (χ1v) is 11.6. The van der Waals surface area contributed by atoms with Crippen molar-refractivity contribution in [2.45, 2.75) is 30.8 Å². The summed E-state index contributed by atoms with van der Waals surface area (Å²) in [5.74, 6) is 5.47. The highest BCUT2D eigenvalue weighted by molar-refractivity contribution is 7.99. The molecule has 0 spiro atoms. The second kappa shape index (κ2) is 9.80. The lowest BCUT2D eigenvalue weighted by molar-refractivity contribution is -0.113. The van der Waals surface area contributed by atoms with Crippen LogP contribution in [0.1, 0.15) is 34.4 Å². The zero-order chi connectivity index (χ0) is 22.5. The Kier molecular flexibility index (Phi) is 6.67. The first kappa shape index (κ1) is 21.8. The fourth-order valence-electron chi connectivity index (χ4n) is 3.26. The lowest BCUT2D eigenvalue weighted by Crippen LogP contribution is -2.17. The minimum atomic E-state index is -0.402. The predicted molar refractivity (Wildman–Crippen MR) is 123 cm³/mol. The van der Waals surface area contributed by atoms with Gasteiger partial charge in [0.05, 0.1) is 17.5 Å². The molecule has 32 heavy (non-hydrogen) atoms. The highest BCUT2D eigenvalue weighted by Gasteiger charge is 2.22. The molecular weight excluding hydrogens is 451 g/mol. The molecule has 1 amide bonds. The van der Waals surface area contributed by atoms with Gasteiger partial charge in [0.15, 0.2) is 0 Å². The lowest BCUT2D eigenvalue weighted by Gasteiger charge is -2.09. The molecule has 0 saturated heterocycles. The first-order chi connectivity index (χ1) is 15.6. The Balaban J connectivity index is 1.34. The Hall–Kier alpha value is -3.43. The number of hydrazone groups is 1. The molecule has 1 aliphatic rings. The number of thioether (sulfide) groups is 1. The zero-order valence-corrected chi connectivity index (χ0v) is 18.5. The number of rotatable bonds is 7. The number of amides is 1. The van der Waals surface area contributed by atoms with Crippen LogP contribution in [0.25, 0.3) is 0 Å². The smallest absolute Gasteiger partial charge is 0.264 e. The maximum Gasteiger partial charge on any atom is 0.264 e. The van der Waals surface area contributed by atoms with Gasteiger partial charge in [-0.15, -0.1) is 21.5 Å². The van der Waals surface area contributed by atoms with E-state index in [9.17, 15) is 14.4 Å². The van der Waals surface area contributed by atoms with E-state index in [1.165, 1.54) is 28.5 Å². The minimum Gasteiger partial charge on any atom is -0.334 e. The summed E-state index contributed by atoms with van der Waals surface area (Å²) in [5.41, 5.74) is 4.55. The average Bonchev–Trinajstić information content (AvgIpc) is 3.33.